The summed E-state index contributed by atoms with van der Waals surface area (Å²) >= 11 is 4.87. The van der Waals surface area contributed by atoms with Crippen molar-refractivity contribution in [2.45, 2.75) is 0 Å². The highest BCUT2D eigenvalue weighted by Gasteiger charge is 1.84. The largest absolute Gasteiger partial charge is 0.345 e. The van der Waals surface area contributed by atoms with Crippen molar-refractivity contribution in [3.8, 4) is 0 Å². The molecule has 0 rings (SSSR count). The van der Waals surface area contributed by atoms with Gasteiger partial charge in [0, 0.05) is 0 Å². The first-order valence-corrected chi connectivity index (χ1v) is 3.99. The quantitative estimate of drug-likeness (QED) is 0.369. The number of halogens is 1. The van der Waals surface area contributed by atoms with E-state index in [0.717, 1.165) is 0 Å². The van der Waals surface area contributed by atoms with Crippen LogP contribution >= 0.6 is 11.6 Å². The highest BCUT2D eigenvalue weighted by atomic mass is 35.5. The SMILES string of the molecule is CS(C)=NC(=O)Cl. The number of carbonyl (C=O) groups is 1. The van der Waals surface area contributed by atoms with Crippen LogP contribution in [0.2, 0.25) is 0 Å². The van der Waals surface area contributed by atoms with E-state index >= 15 is 0 Å². The van der Waals surface area contributed by atoms with Crippen LogP contribution in [-0.4, -0.2) is 17.9 Å². The zero-order chi connectivity index (χ0) is 5.86. The maximum atomic E-state index is 9.86. The number of nitrogens with zero attached hydrogens (tertiary/aromatic N) is 1. The lowest BCUT2D eigenvalue weighted by Gasteiger charge is -1.80. The minimum Gasteiger partial charge on any atom is -0.252 e. The maximum Gasteiger partial charge on any atom is 0.345 e. The van der Waals surface area contributed by atoms with Gasteiger partial charge in [0.25, 0.3) is 0 Å². The van der Waals surface area contributed by atoms with Crippen LogP contribution in [0.3, 0.4) is 0 Å². The molecule has 0 saturated heterocycles. The van der Waals surface area contributed by atoms with Gasteiger partial charge in [-0.25, -0.2) is 0 Å². The molecule has 0 saturated carbocycles. The molecule has 0 aromatic rings. The van der Waals surface area contributed by atoms with E-state index in [2.05, 4.69) is 4.36 Å². The summed E-state index contributed by atoms with van der Waals surface area (Å²) in [6.07, 6.45) is 3.64. The summed E-state index contributed by atoms with van der Waals surface area (Å²) < 4.78 is 3.43. The summed E-state index contributed by atoms with van der Waals surface area (Å²) in [6.45, 7) is 0. The van der Waals surface area contributed by atoms with Crippen LogP contribution in [0.15, 0.2) is 4.36 Å². The molecule has 0 aliphatic heterocycles. The zero-order valence-electron chi connectivity index (χ0n) is 4.14. The van der Waals surface area contributed by atoms with Crippen molar-refractivity contribution in [2.24, 2.45) is 4.36 Å². The summed E-state index contributed by atoms with van der Waals surface area (Å²) in [6, 6.07) is 0. The normalized spacial score (nSPS) is 9.14. The first kappa shape index (κ1) is 7.11. The second kappa shape index (κ2) is 3.16. The highest BCUT2D eigenvalue weighted by Crippen LogP contribution is 1.86. The smallest absolute Gasteiger partial charge is 0.252 e. The lowest BCUT2D eigenvalue weighted by molar-refractivity contribution is 0.267. The van der Waals surface area contributed by atoms with Crippen LogP contribution in [0, 0.1) is 0 Å². The molecule has 4 heteroatoms. The van der Waals surface area contributed by atoms with E-state index < -0.39 is 5.37 Å². The molecule has 0 aromatic heterocycles. The molecule has 0 bridgehead atoms. The fourth-order valence-electron chi connectivity index (χ4n) is 0.144. The van der Waals surface area contributed by atoms with E-state index in [1.807, 2.05) is 12.5 Å². The molecule has 0 aliphatic carbocycles. The first-order valence-electron chi connectivity index (χ1n) is 1.62. The summed E-state index contributed by atoms with van der Waals surface area (Å²) in [5.74, 6) is 0. The molecule has 0 spiro atoms. The van der Waals surface area contributed by atoms with Crippen molar-refractivity contribution >= 4 is 27.7 Å². The second-order valence-electron chi connectivity index (χ2n) is 1.12. The second-order valence-corrected chi connectivity index (χ2v) is 3.17. The molecular formula is C3H6ClNOS. The van der Waals surface area contributed by atoms with E-state index in [-0.39, 0.29) is 10.7 Å². The van der Waals surface area contributed by atoms with Gasteiger partial charge in [-0.05, 0) is 24.1 Å². The molecule has 0 atom stereocenters. The number of rotatable bonds is 0. The Kier molecular flexibility index (Phi) is 3.21. The summed E-state index contributed by atoms with van der Waals surface area (Å²) in [5, 5.41) is -0.603. The Bertz CT molecular complexity index is 108. The van der Waals surface area contributed by atoms with Crippen molar-refractivity contribution in [3.63, 3.8) is 0 Å². The third-order valence-electron chi connectivity index (χ3n) is 0.254. The molecule has 1 amide bonds. The fourth-order valence-corrected chi connectivity index (χ4v) is 0.845. The van der Waals surface area contributed by atoms with Gasteiger partial charge in [-0.2, -0.15) is 4.36 Å². The average molecular weight is 140 g/mol. The van der Waals surface area contributed by atoms with Crippen molar-refractivity contribution in [1.82, 2.24) is 0 Å². The minimum absolute atomic E-state index is 0.202. The van der Waals surface area contributed by atoms with E-state index in [0.29, 0.717) is 0 Å². The molecule has 0 heterocycles. The summed E-state index contributed by atoms with van der Waals surface area (Å²) in [5.41, 5.74) is 0. The van der Waals surface area contributed by atoms with Crippen LogP contribution in [-0.2, 0) is 10.7 Å². The number of carbonyl (C=O) groups excluding carboxylic acids is 1. The predicted molar refractivity (Wildman–Crippen MR) is 32.9 cm³/mol. The Hall–Kier alpha value is 0.110. The molecular weight excluding hydrogens is 134 g/mol. The van der Waals surface area contributed by atoms with Gasteiger partial charge in [-0.15, -0.1) is 0 Å². The molecule has 42 valence electrons. The first-order chi connectivity index (χ1) is 3.13. The van der Waals surface area contributed by atoms with E-state index in [1.54, 1.807) is 0 Å². The van der Waals surface area contributed by atoms with Crippen molar-refractivity contribution < 1.29 is 4.79 Å². The van der Waals surface area contributed by atoms with E-state index in [4.69, 9.17) is 11.6 Å². The molecule has 0 unspecified atom stereocenters. The highest BCUT2D eigenvalue weighted by molar-refractivity contribution is 7.86. The Morgan fingerprint density at radius 2 is 2.14 bits per heavy atom. The van der Waals surface area contributed by atoms with Gasteiger partial charge < -0.3 is 0 Å². The standard InChI is InChI=1S/C3H6ClNOS/c1-7(2)5-3(4)6/h1-2H3. The molecule has 0 aliphatic rings. The molecule has 0 aromatic carbocycles. The van der Waals surface area contributed by atoms with Crippen LogP contribution in [0.1, 0.15) is 0 Å². The third-order valence-corrected chi connectivity index (χ3v) is 0.970. The van der Waals surface area contributed by atoms with Gasteiger partial charge in [0.05, 0.1) is 0 Å². The minimum atomic E-state index is -0.603. The summed E-state index contributed by atoms with van der Waals surface area (Å²) in [7, 11) is -0.202. The van der Waals surface area contributed by atoms with Crippen molar-refractivity contribution in [3.05, 3.63) is 0 Å². The van der Waals surface area contributed by atoms with Gasteiger partial charge in [0.15, 0.2) is 0 Å². The Balaban J connectivity index is 3.68. The van der Waals surface area contributed by atoms with Crippen LogP contribution in [0.4, 0.5) is 4.79 Å². The van der Waals surface area contributed by atoms with Crippen molar-refractivity contribution in [1.29, 1.82) is 0 Å². The van der Waals surface area contributed by atoms with Crippen LogP contribution in [0.25, 0.3) is 0 Å². The number of hydrogen-bond acceptors (Lipinski definition) is 1. The Morgan fingerprint density at radius 1 is 1.71 bits per heavy atom. The van der Waals surface area contributed by atoms with Crippen LogP contribution in [0.5, 0.6) is 0 Å². The van der Waals surface area contributed by atoms with Gasteiger partial charge in [-0.3, -0.25) is 4.79 Å². The zero-order valence-corrected chi connectivity index (χ0v) is 5.71. The third kappa shape index (κ3) is 6.11. The lowest BCUT2D eigenvalue weighted by atomic mass is 11.5. The van der Waals surface area contributed by atoms with Crippen LogP contribution < -0.4 is 0 Å². The number of hydrogen-bond donors (Lipinski definition) is 0. The van der Waals surface area contributed by atoms with E-state index in [1.165, 1.54) is 0 Å². The van der Waals surface area contributed by atoms with Gasteiger partial charge >= 0.3 is 5.37 Å². The maximum absolute atomic E-state index is 9.86. The average Bonchev–Trinajstić information content (AvgIpc) is 1.27. The van der Waals surface area contributed by atoms with Gasteiger partial charge in [0.1, 0.15) is 0 Å². The predicted octanol–water partition coefficient (Wildman–Crippen LogP) is 1.41. The molecule has 0 N–H and O–H groups in total. The van der Waals surface area contributed by atoms with Crippen molar-refractivity contribution in [2.75, 3.05) is 12.5 Å². The Labute approximate surface area is 50.0 Å². The molecule has 2 nitrogen and oxygen atoms in total. The molecule has 0 radical (unpaired) electrons. The van der Waals surface area contributed by atoms with E-state index in [9.17, 15) is 4.79 Å². The molecule has 0 fully saturated rings. The molecule has 7 heavy (non-hydrogen) atoms. The monoisotopic (exact) mass is 139 g/mol. The van der Waals surface area contributed by atoms with Gasteiger partial charge in [0.2, 0.25) is 0 Å². The lowest BCUT2D eigenvalue weighted by Crippen LogP contribution is -1.81. The fraction of sp³-hybridized carbons (Fsp3) is 0.667. The number of amides is 1. The summed E-state index contributed by atoms with van der Waals surface area (Å²) in [4.78, 5) is 9.86. The topological polar surface area (TPSA) is 29.4 Å². The Morgan fingerprint density at radius 3 is 2.14 bits per heavy atom. The van der Waals surface area contributed by atoms with Gasteiger partial charge in [-0.1, -0.05) is 10.7 Å².